The lowest BCUT2D eigenvalue weighted by molar-refractivity contribution is -0.148. The fourth-order valence-electron chi connectivity index (χ4n) is 1.24. The van der Waals surface area contributed by atoms with E-state index in [9.17, 15) is 18.3 Å². The molecule has 0 heterocycles. The molecular formula is C9H9BrF3NO. The first-order valence-electron chi connectivity index (χ1n) is 4.12. The Bertz CT molecular complexity index is 354. The van der Waals surface area contributed by atoms with Gasteiger partial charge in [-0.3, -0.25) is 0 Å². The standard InChI is InChI=1S/C9H9BrF3NO/c10-8-5(2-1-3-7(8)15)6(4-14)9(11,12)13/h1-3,6,15H,4,14H2. The maximum absolute atomic E-state index is 12.5. The molecule has 3 N–H and O–H groups in total. The van der Waals surface area contributed by atoms with E-state index in [0.29, 0.717) is 0 Å². The number of halogens is 4. The Kier molecular flexibility index (Phi) is 3.62. The van der Waals surface area contributed by atoms with Gasteiger partial charge in [-0.1, -0.05) is 12.1 Å². The summed E-state index contributed by atoms with van der Waals surface area (Å²) < 4.78 is 37.6. The van der Waals surface area contributed by atoms with Crippen molar-refractivity contribution in [1.29, 1.82) is 0 Å². The number of aromatic hydroxyl groups is 1. The van der Waals surface area contributed by atoms with Gasteiger partial charge in [-0.05, 0) is 27.6 Å². The monoisotopic (exact) mass is 283 g/mol. The average Bonchev–Trinajstić information content (AvgIpc) is 2.11. The van der Waals surface area contributed by atoms with Crippen LogP contribution in [0.2, 0.25) is 0 Å². The molecule has 1 atom stereocenters. The van der Waals surface area contributed by atoms with Gasteiger partial charge in [0.2, 0.25) is 0 Å². The maximum Gasteiger partial charge on any atom is 0.396 e. The number of phenols is 1. The van der Waals surface area contributed by atoms with Gasteiger partial charge in [-0.15, -0.1) is 0 Å². The van der Waals surface area contributed by atoms with Crippen LogP contribution < -0.4 is 5.73 Å². The Balaban J connectivity index is 3.19. The molecule has 0 aliphatic carbocycles. The lowest BCUT2D eigenvalue weighted by Gasteiger charge is -2.20. The number of phenolic OH excluding ortho intramolecular Hbond substituents is 1. The van der Waals surface area contributed by atoms with Gasteiger partial charge < -0.3 is 10.8 Å². The van der Waals surface area contributed by atoms with Crippen LogP contribution in [0.15, 0.2) is 22.7 Å². The number of nitrogens with two attached hydrogens (primary N) is 1. The zero-order valence-electron chi connectivity index (χ0n) is 7.55. The van der Waals surface area contributed by atoms with Crippen molar-refractivity contribution in [2.24, 2.45) is 5.73 Å². The highest BCUT2D eigenvalue weighted by atomic mass is 79.9. The summed E-state index contributed by atoms with van der Waals surface area (Å²) in [5.41, 5.74) is 5.04. The Labute approximate surface area is 93.0 Å². The fourth-order valence-corrected chi connectivity index (χ4v) is 1.78. The van der Waals surface area contributed by atoms with Crippen LogP contribution in [0.25, 0.3) is 0 Å². The average molecular weight is 284 g/mol. The first-order chi connectivity index (χ1) is 6.88. The van der Waals surface area contributed by atoms with E-state index in [1.165, 1.54) is 18.2 Å². The van der Waals surface area contributed by atoms with Gasteiger partial charge in [0.15, 0.2) is 0 Å². The minimum atomic E-state index is -4.41. The molecule has 0 amide bonds. The Morgan fingerprint density at radius 3 is 2.47 bits per heavy atom. The van der Waals surface area contributed by atoms with Gasteiger partial charge >= 0.3 is 6.18 Å². The van der Waals surface area contributed by atoms with Crippen LogP contribution >= 0.6 is 15.9 Å². The second kappa shape index (κ2) is 4.40. The third-order valence-electron chi connectivity index (χ3n) is 2.01. The van der Waals surface area contributed by atoms with E-state index in [4.69, 9.17) is 5.73 Å². The number of hydrogen-bond acceptors (Lipinski definition) is 2. The molecule has 1 aromatic carbocycles. The second-order valence-electron chi connectivity index (χ2n) is 3.01. The van der Waals surface area contributed by atoms with E-state index in [-0.39, 0.29) is 15.8 Å². The molecule has 0 radical (unpaired) electrons. The minimum absolute atomic E-state index is 0.0396. The van der Waals surface area contributed by atoms with Gasteiger partial charge in [0.25, 0.3) is 0 Å². The molecule has 0 aliphatic rings. The number of rotatable bonds is 2. The fraction of sp³-hybridized carbons (Fsp3) is 0.333. The van der Waals surface area contributed by atoms with E-state index >= 15 is 0 Å². The van der Waals surface area contributed by atoms with Crippen LogP contribution in [0.1, 0.15) is 11.5 Å². The van der Waals surface area contributed by atoms with Crippen molar-refractivity contribution < 1.29 is 18.3 Å². The molecule has 84 valence electrons. The first-order valence-corrected chi connectivity index (χ1v) is 4.91. The van der Waals surface area contributed by atoms with Crippen molar-refractivity contribution in [3.63, 3.8) is 0 Å². The molecule has 15 heavy (non-hydrogen) atoms. The summed E-state index contributed by atoms with van der Waals surface area (Å²) in [4.78, 5) is 0. The van der Waals surface area contributed by atoms with E-state index in [1.807, 2.05) is 0 Å². The molecule has 0 saturated carbocycles. The van der Waals surface area contributed by atoms with Crippen LogP contribution in [0.4, 0.5) is 13.2 Å². The van der Waals surface area contributed by atoms with E-state index in [0.717, 1.165) is 0 Å². The molecular weight excluding hydrogens is 275 g/mol. The molecule has 1 rings (SSSR count). The zero-order chi connectivity index (χ0) is 11.6. The predicted molar refractivity (Wildman–Crippen MR) is 53.7 cm³/mol. The normalized spacial score (nSPS) is 13.9. The largest absolute Gasteiger partial charge is 0.507 e. The number of alkyl halides is 3. The Morgan fingerprint density at radius 2 is 2.00 bits per heavy atom. The van der Waals surface area contributed by atoms with Gasteiger partial charge in [0, 0.05) is 6.54 Å². The molecule has 0 aromatic heterocycles. The lowest BCUT2D eigenvalue weighted by atomic mass is 9.98. The molecule has 0 spiro atoms. The molecule has 2 nitrogen and oxygen atoms in total. The van der Waals surface area contributed by atoms with Gasteiger partial charge in [-0.25, -0.2) is 0 Å². The van der Waals surface area contributed by atoms with Crippen LogP contribution in [-0.4, -0.2) is 17.8 Å². The van der Waals surface area contributed by atoms with E-state index in [2.05, 4.69) is 15.9 Å². The van der Waals surface area contributed by atoms with Crippen LogP contribution in [0, 0.1) is 0 Å². The second-order valence-corrected chi connectivity index (χ2v) is 3.80. The Hall–Kier alpha value is -0.750. The molecule has 0 aliphatic heterocycles. The summed E-state index contributed by atoms with van der Waals surface area (Å²) in [6.07, 6.45) is -4.41. The molecule has 6 heteroatoms. The summed E-state index contributed by atoms with van der Waals surface area (Å²) in [6.45, 7) is -0.550. The van der Waals surface area contributed by atoms with Crippen LogP contribution in [0.3, 0.4) is 0 Å². The number of hydrogen-bond donors (Lipinski definition) is 2. The SMILES string of the molecule is NCC(c1cccc(O)c1Br)C(F)(F)F. The highest BCUT2D eigenvalue weighted by Gasteiger charge is 2.40. The quantitative estimate of drug-likeness (QED) is 0.877. The molecule has 1 unspecified atom stereocenters. The third-order valence-corrected chi connectivity index (χ3v) is 2.88. The molecule has 0 bridgehead atoms. The van der Waals surface area contributed by atoms with Crippen molar-refractivity contribution in [2.45, 2.75) is 12.1 Å². The highest BCUT2D eigenvalue weighted by molar-refractivity contribution is 9.10. The summed E-state index contributed by atoms with van der Waals surface area (Å²) in [7, 11) is 0. The molecule has 1 aromatic rings. The molecule has 0 fully saturated rings. The van der Waals surface area contributed by atoms with Gasteiger partial charge in [0.1, 0.15) is 5.75 Å². The highest BCUT2D eigenvalue weighted by Crippen LogP contribution is 2.40. The zero-order valence-corrected chi connectivity index (χ0v) is 9.14. The summed E-state index contributed by atoms with van der Waals surface area (Å²) in [5.74, 6) is -1.99. The van der Waals surface area contributed by atoms with Crippen LogP contribution in [0.5, 0.6) is 5.75 Å². The Morgan fingerprint density at radius 1 is 1.40 bits per heavy atom. The summed E-state index contributed by atoms with van der Waals surface area (Å²) >= 11 is 2.91. The lowest BCUT2D eigenvalue weighted by Crippen LogP contribution is -2.28. The number of benzene rings is 1. The van der Waals surface area contributed by atoms with Crippen molar-refractivity contribution in [3.8, 4) is 5.75 Å². The van der Waals surface area contributed by atoms with Crippen molar-refractivity contribution >= 4 is 15.9 Å². The minimum Gasteiger partial charge on any atom is -0.507 e. The first kappa shape index (κ1) is 12.3. The topological polar surface area (TPSA) is 46.2 Å². The van der Waals surface area contributed by atoms with Crippen molar-refractivity contribution in [3.05, 3.63) is 28.2 Å². The summed E-state index contributed by atoms with van der Waals surface area (Å²) in [6, 6.07) is 3.94. The third kappa shape index (κ3) is 2.63. The summed E-state index contributed by atoms with van der Waals surface area (Å²) in [5, 5.41) is 9.26. The van der Waals surface area contributed by atoms with Gasteiger partial charge in [0.05, 0.1) is 10.4 Å². The molecule has 0 saturated heterocycles. The van der Waals surface area contributed by atoms with E-state index in [1.54, 1.807) is 0 Å². The van der Waals surface area contributed by atoms with E-state index < -0.39 is 18.6 Å². The van der Waals surface area contributed by atoms with Gasteiger partial charge in [-0.2, -0.15) is 13.2 Å². The maximum atomic E-state index is 12.5. The van der Waals surface area contributed by atoms with Crippen molar-refractivity contribution in [2.75, 3.05) is 6.54 Å². The van der Waals surface area contributed by atoms with Crippen molar-refractivity contribution in [1.82, 2.24) is 0 Å². The van der Waals surface area contributed by atoms with Crippen LogP contribution in [-0.2, 0) is 0 Å². The predicted octanol–water partition coefficient (Wildman–Crippen LogP) is 2.76. The smallest absolute Gasteiger partial charge is 0.396 e.